The molecule has 1 unspecified atom stereocenters. The van der Waals surface area contributed by atoms with Gasteiger partial charge in [0.05, 0.1) is 6.54 Å². The van der Waals surface area contributed by atoms with E-state index >= 15 is 0 Å². The van der Waals surface area contributed by atoms with Gasteiger partial charge >= 0.3 is 11.7 Å². The Kier molecular flexibility index (Phi) is 2.24. The Balaban J connectivity index is 1.79. The third kappa shape index (κ3) is 1.70. The van der Waals surface area contributed by atoms with Crippen molar-refractivity contribution in [2.24, 2.45) is 0 Å². The molecule has 0 saturated carbocycles. The molecule has 2 saturated heterocycles. The highest BCUT2D eigenvalue weighted by Gasteiger charge is 2.51. The van der Waals surface area contributed by atoms with Crippen molar-refractivity contribution in [3.63, 3.8) is 0 Å². The Labute approximate surface area is 106 Å². The van der Waals surface area contributed by atoms with Crippen LogP contribution >= 0.6 is 0 Å². The summed E-state index contributed by atoms with van der Waals surface area (Å²) >= 11 is 0. The van der Waals surface area contributed by atoms with Crippen LogP contribution in [-0.4, -0.2) is 51.3 Å². The summed E-state index contributed by atoms with van der Waals surface area (Å²) in [6.45, 7) is 0.427. The first-order chi connectivity index (χ1) is 9.00. The van der Waals surface area contributed by atoms with Crippen LogP contribution in [-0.2, 0) is 4.79 Å². The van der Waals surface area contributed by atoms with Crippen LogP contribution in [0.5, 0.6) is 0 Å². The van der Waals surface area contributed by atoms with E-state index < -0.39 is 23.2 Å². The molecule has 1 aromatic heterocycles. The van der Waals surface area contributed by atoms with E-state index in [1.165, 1.54) is 11.1 Å². The molecule has 100 valence electrons. The second-order valence-corrected chi connectivity index (χ2v) is 4.62. The lowest BCUT2D eigenvalue weighted by atomic mass is 10.00. The number of imide groups is 1. The van der Waals surface area contributed by atoms with E-state index in [1.54, 1.807) is 0 Å². The molecule has 2 aliphatic rings. The molecule has 0 radical (unpaired) electrons. The largest absolute Gasteiger partial charge is 0.334 e. The van der Waals surface area contributed by atoms with E-state index in [1.807, 2.05) is 0 Å². The van der Waals surface area contributed by atoms with Crippen molar-refractivity contribution in [3.05, 3.63) is 22.4 Å². The Bertz CT molecular complexity index is 632. The van der Waals surface area contributed by atoms with Crippen molar-refractivity contribution in [3.8, 4) is 0 Å². The first kappa shape index (κ1) is 11.5. The molecular weight excluding hydrogens is 254 g/mol. The van der Waals surface area contributed by atoms with Crippen LogP contribution in [0.1, 0.15) is 16.9 Å². The summed E-state index contributed by atoms with van der Waals surface area (Å²) < 4.78 is 0. The number of hydrogen-bond donors (Lipinski definition) is 4. The van der Waals surface area contributed by atoms with Crippen LogP contribution in [0.25, 0.3) is 0 Å². The van der Waals surface area contributed by atoms with Crippen LogP contribution in [0.15, 0.2) is 11.0 Å². The summed E-state index contributed by atoms with van der Waals surface area (Å²) in [6.07, 6.45) is 1.63. The molecule has 1 aromatic rings. The minimum Gasteiger partial charge on any atom is -0.334 e. The number of hydrogen-bond acceptors (Lipinski definition) is 4. The van der Waals surface area contributed by atoms with Crippen LogP contribution < -0.4 is 16.3 Å². The van der Waals surface area contributed by atoms with Gasteiger partial charge in [0.15, 0.2) is 0 Å². The van der Waals surface area contributed by atoms with Crippen molar-refractivity contribution in [1.29, 1.82) is 0 Å². The molecule has 9 nitrogen and oxygen atoms in total. The average molecular weight is 265 g/mol. The van der Waals surface area contributed by atoms with E-state index in [9.17, 15) is 19.2 Å². The number of nitrogens with one attached hydrogen (secondary N) is 4. The molecule has 9 heteroatoms. The highest BCUT2D eigenvalue weighted by atomic mass is 16.2. The zero-order chi connectivity index (χ0) is 13.6. The predicted octanol–water partition coefficient (Wildman–Crippen LogP) is -1.87. The lowest BCUT2D eigenvalue weighted by Crippen LogP contribution is -2.49. The number of aromatic amines is 2. The Hall–Kier alpha value is -2.58. The van der Waals surface area contributed by atoms with E-state index in [0.29, 0.717) is 13.0 Å². The van der Waals surface area contributed by atoms with Gasteiger partial charge in [0.2, 0.25) is 0 Å². The summed E-state index contributed by atoms with van der Waals surface area (Å²) in [5.41, 5.74) is -1.38. The van der Waals surface area contributed by atoms with Crippen molar-refractivity contribution in [1.82, 2.24) is 25.5 Å². The number of likely N-dealkylation sites (tertiary alicyclic amines) is 1. The number of carbonyl (C=O) groups is 3. The summed E-state index contributed by atoms with van der Waals surface area (Å²) in [5, 5.41) is 4.71. The molecule has 0 aromatic carbocycles. The van der Waals surface area contributed by atoms with E-state index in [-0.39, 0.29) is 18.1 Å². The Morgan fingerprint density at radius 2 is 2.11 bits per heavy atom. The summed E-state index contributed by atoms with van der Waals surface area (Å²) in [4.78, 5) is 52.0. The molecule has 1 atom stereocenters. The quantitative estimate of drug-likeness (QED) is 0.443. The summed E-state index contributed by atoms with van der Waals surface area (Å²) in [5.74, 6) is -0.806. The van der Waals surface area contributed by atoms with Gasteiger partial charge in [0.25, 0.3) is 11.8 Å². The number of rotatable bonds is 1. The Morgan fingerprint density at radius 3 is 2.68 bits per heavy atom. The van der Waals surface area contributed by atoms with Crippen molar-refractivity contribution in [2.75, 3.05) is 13.1 Å². The van der Waals surface area contributed by atoms with Crippen LogP contribution in [0.2, 0.25) is 0 Å². The number of H-pyrrole nitrogens is 2. The first-order valence-corrected chi connectivity index (χ1v) is 5.71. The lowest BCUT2D eigenvalue weighted by Gasteiger charge is -2.20. The summed E-state index contributed by atoms with van der Waals surface area (Å²) in [6, 6.07) is -0.547. The highest BCUT2D eigenvalue weighted by Crippen LogP contribution is 2.25. The number of aromatic nitrogens is 2. The monoisotopic (exact) mass is 265 g/mol. The lowest BCUT2D eigenvalue weighted by molar-refractivity contribution is -0.123. The molecular formula is C10H11N5O4. The van der Waals surface area contributed by atoms with Crippen molar-refractivity contribution >= 4 is 17.8 Å². The Morgan fingerprint density at radius 1 is 1.32 bits per heavy atom. The van der Waals surface area contributed by atoms with Crippen LogP contribution in [0.3, 0.4) is 0 Å². The van der Waals surface area contributed by atoms with Crippen LogP contribution in [0.4, 0.5) is 4.79 Å². The van der Waals surface area contributed by atoms with E-state index in [2.05, 4.69) is 20.6 Å². The number of imidazole rings is 1. The standard InChI is InChI=1S/C10H11N5O4/c16-6(5-3-11-8(18)12-5)15-2-1-10(4-15)7(17)13-9(19)14-10/h3H,1-2,4H2,(H2,11,12,18)(H2,13,14,17,19). The van der Waals surface area contributed by atoms with Gasteiger partial charge in [0.1, 0.15) is 11.2 Å². The van der Waals surface area contributed by atoms with E-state index in [0.717, 1.165) is 0 Å². The highest BCUT2D eigenvalue weighted by molar-refractivity contribution is 6.08. The maximum absolute atomic E-state index is 12.1. The van der Waals surface area contributed by atoms with Gasteiger partial charge in [0, 0.05) is 12.7 Å². The topological polar surface area (TPSA) is 127 Å². The third-order valence-corrected chi connectivity index (χ3v) is 3.40. The van der Waals surface area contributed by atoms with Gasteiger partial charge in [-0.25, -0.2) is 9.59 Å². The van der Waals surface area contributed by atoms with Gasteiger partial charge in [-0.2, -0.15) is 0 Å². The average Bonchev–Trinajstić information content (AvgIpc) is 3.01. The molecule has 19 heavy (non-hydrogen) atoms. The minimum absolute atomic E-state index is 0.0939. The zero-order valence-corrected chi connectivity index (χ0v) is 9.78. The van der Waals surface area contributed by atoms with Gasteiger partial charge in [-0.15, -0.1) is 0 Å². The molecule has 2 fully saturated rings. The van der Waals surface area contributed by atoms with Crippen molar-refractivity contribution < 1.29 is 14.4 Å². The fourth-order valence-corrected chi connectivity index (χ4v) is 2.42. The van der Waals surface area contributed by atoms with E-state index in [4.69, 9.17) is 0 Å². The SMILES string of the molecule is O=C1NC(=O)C2(CCN(C(=O)c3c[nH]c(=O)[nH]3)C2)N1. The first-order valence-electron chi connectivity index (χ1n) is 5.71. The maximum Gasteiger partial charge on any atom is 0.323 e. The molecule has 0 aliphatic carbocycles. The fraction of sp³-hybridized carbons (Fsp3) is 0.400. The number of urea groups is 1. The molecule has 2 aliphatic heterocycles. The van der Waals surface area contributed by atoms with Gasteiger partial charge in [-0.3, -0.25) is 14.9 Å². The number of carbonyl (C=O) groups excluding carboxylic acids is 3. The predicted molar refractivity (Wildman–Crippen MR) is 61.3 cm³/mol. The molecule has 4 amide bonds. The molecule has 0 bridgehead atoms. The normalized spacial score (nSPS) is 25.8. The minimum atomic E-state index is -1.04. The number of amides is 4. The smallest absolute Gasteiger partial charge is 0.323 e. The molecule has 4 N–H and O–H groups in total. The second kappa shape index (κ2) is 3.70. The summed E-state index contributed by atoms with van der Waals surface area (Å²) in [7, 11) is 0. The van der Waals surface area contributed by atoms with Gasteiger partial charge in [-0.05, 0) is 6.42 Å². The van der Waals surface area contributed by atoms with Gasteiger partial charge in [-0.1, -0.05) is 0 Å². The van der Waals surface area contributed by atoms with Crippen LogP contribution in [0, 0.1) is 0 Å². The fourth-order valence-electron chi connectivity index (χ4n) is 2.42. The zero-order valence-electron chi connectivity index (χ0n) is 9.78. The third-order valence-electron chi connectivity index (χ3n) is 3.40. The van der Waals surface area contributed by atoms with Gasteiger partial charge < -0.3 is 20.2 Å². The second-order valence-electron chi connectivity index (χ2n) is 4.62. The van der Waals surface area contributed by atoms with Crippen molar-refractivity contribution in [2.45, 2.75) is 12.0 Å². The maximum atomic E-state index is 12.1. The number of nitrogens with zero attached hydrogens (tertiary/aromatic N) is 1. The molecule has 3 rings (SSSR count). The molecule has 1 spiro atoms. The molecule has 3 heterocycles.